The molecule has 2 aromatic carbocycles. The van der Waals surface area contributed by atoms with Gasteiger partial charge in [0.15, 0.2) is 11.6 Å². The molecule has 0 heterocycles. The van der Waals surface area contributed by atoms with Crippen molar-refractivity contribution in [3.63, 3.8) is 0 Å². The lowest BCUT2D eigenvalue weighted by atomic mass is 10.2. The molecule has 0 unspecified atom stereocenters. The minimum Gasteiger partial charge on any atom is -0.486 e. The number of halogens is 4. The number of ether oxygens (including phenoxy) is 1. The highest BCUT2D eigenvalue weighted by Crippen LogP contribution is 2.36. The lowest BCUT2D eigenvalue weighted by Gasteiger charge is -2.09. The van der Waals surface area contributed by atoms with Crippen molar-refractivity contribution in [2.24, 2.45) is 0 Å². The molecule has 0 aliphatic heterocycles. The highest BCUT2D eigenvalue weighted by molar-refractivity contribution is 8.00. The highest BCUT2D eigenvalue weighted by atomic mass is 32.2. The van der Waals surface area contributed by atoms with Crippen molar-refractivity contribution in [3.05, 3.63) is 53.8 Å². The summed E-state index contributed by atoms with van der Waals surface area (Å²) in [6, 6.07) is 9.73. The molecule has 0 aliphatic carbocycles. The standard InChI is InChI=1S/C14H11F4NOS/c15-12-7-10(19)3-6-13(12)20-8-9-1-4-11(5-2-9)21-14(16,17)18/h1-7H,8,19H2. The van der Waals surface area contributed by atoms with Gasteiger partial charge < -0.3 is 10.5 Å². The summed E-state index contributed by atoms with van der Waals surface area (Å²) in [5.41, 5.74) is 2.02. The Morgan fingerprint density at radius 1 is 1.05 bits per heavy atom. The molecule has 7 heteroatoms. The summed E-state index contributed by atoms with van der Waals surface area (Å²) in [7, 11) is 0. The van der Waals surface area contributed by atoms with E-state index in [1.54, 1.807) is 0 Å². The molecule has 0 aromatic heterocycles. The highest BCUT2D eigenvalue weighted by Gasteiger charge is 2.28. The van der Waals surface area contributed by atoms with Crippen molar-refractivity contribution >= 4 is 17.4 Å². The smallest absolute Gasteiger partial charge is 0.446 e. The molecule has 0 aliphatic rings. The van der Waals surface area contributed by atoms with Gasteiger partial charge in [-0.1, -0.05) is 12.1 Å². The average Bonchev–Trinajstić information content (AvgIpc) is 2.38. The Morgan fingerprint density at radius 2 is 1.71 bits per heavy atom. The number of rotatable bonds is 4. The maximum absolute atomic E-state index is 13.5. The van der Waals surface area contributed by atoms with Gasteiger partial charge >= 0.3 is 5.51 Å². The Labute approximate surface area is 122 Å². The third kappa shape index (κ3) is 4.86. The fourth-order valence-electron chi connectivity index (χ4n) is 1.58. The van der Waals surface area contributed by atoms with E-state index in [-0.39, 0.29) is 34.7 Å². The summed E-state index contributed by atoms with van der Waals surface area (Å²) >= 11 is -0.187. The summed E-state index contributed by atoms with van der Waals surface area (Å²) in [6.07, 6.45) is 0. The van der Waals surface area contributed by atoms with Crippen molar-refractivity contribution in [2.75, 3.05) is 5.73 Å². The predicted octanol–water partition coefficient (Wildman–Crippen LogP) is 4.60. The Bertz CT molecular complexity index is 613. The van der Waals surface area contributed by atoms with Gasteiger partial charge in [0.05, 0.1) is 0 Å². The molecule has 112 valence electrons. The van der Waals surface area contributed by atoms with E-state index in [9.17, 15) is 17.6 Å². The van der Waals surface area contributed by atoms with Crippen LogP contribution in [-0.4, -0.2) is 5.51 Å². The molecule has 2 N–H and O–H groups in total. The van der Waals surface area contributed by atoms with E-state index in [0.29, 0.717) is 5.56 Å². The summed E-state index contributed by atoms with van der Waals surface area (Å²) in [6.45, 7) is 0.0534. The molecule has 2 nitrogen and oxygen atoms in total. The number of hydrogen-bond donors (Lipinski definition) is 1. The Morgan fingerprint density at radius 3 is 2.29 bits per heavy atom. The van der Waals surface area contributed by atoms with E-state index < -0.39 is 11.3 Å². The van der Waals surface area contributed by atoms with Crippen LogP contribution in [0, 0.1) is 5.82 Å². The number of nitrogen functional groups attached to an aromatic ring is 1. The summed E-state index contributed by atoms with van der Waals surface area (Å²) < 4.78 is 55.3. The Hall–Kier alpha value is -1.89. The minimum atomic E-state index is -4.31. The zero-order valence-corrected chi connectivity index (χ0v) is 11.5. The van der Waals surface area contributed by atoms with Crippen molar-refractivity contribution in [3.8, 4) is 5.75 Å². The lowest BCUT2D eigenvalue weighted by molar-refractivity contribution is -0.0328. The summed E-state index contributed by atoms with van der Waals surface area (Å²) in [4.78, 5) is 0.0879. The van der Waals surface area contributed by atoms with Gasteiger partial charge in [0.2, 0.25) is 0 Å². The maximum atomic E-state index is 13.5. The van der Waals surface area contributed by atoms with Gasteiger partial charge in [0.1, 0.15) is 6.61 Å². The van der Waals surface area contributed by atoms with Crippen LogP contribution in [0.25, 0.3) is 0 Å². The quantitative estimate of drug-likeness (QED) is 0.508. The normalized spacial score (nSPS) is 11.4. The van der Waals surface area contributed by atoms with E-state index in [4.69, 9.17) is 10.5 Å². The first-order valence-corrected chi connectivity index (χ1v) is 6.68. The van der Waals surface area contributed by atoms with Crippen LogP contribution < -0.4 is 10.5 Å². The van der Waals surface area contributed by atoms with E-state index >= 15 is 0 Å². The van der Waals surface area contributed by atoms with E-state index in [0.717, 1.165) is 6.07 Å². The fraction of sp³-hybridized carbons (Fsp3) is 0.143. The predicted molar refractivity (Wildman–Crippen MR) is 73.5 cm³/mol. The number of anilines is 1. The molecular weight excluding hydrogens is 306 g/mol. The van der Waals surface area contributed by atoms with E-state index in [1.165, 1.54) is 36.4 Å². The molecule has 0 bridgehead atoms. The molecule has 2 aromatic rings. The van der Waals surface area contributed by atoms with Crippen LogP contribution in [0.4, 0.5) is 23.2 Å². The van der Waals surface area contributed by atoms with E-state index in [1.807, 2.05) is 0 Å². The monoisotopic (exact) mass is 317 g/mol. The lowest BCUT2D eigenvalue weighted by Crippen LogP contribution is -2.00. The van der Waals surface area contributed by atoms with Crippen molar-refractivity contribution < 1.29 is 22.3 Å². The van der Waals surface area contributed by atoms with Gasteiger partial charge in [-0.3, -0.25) is 0 Å². The minimum absolute atomic E-state index is 0.0398. The van der Waals surface area contributed by atoms with Gasteiger partial charge in [0, 0.05) is 16.6 Å². The van der Waals surface area contributed by atoms with Gasteiger partial charge in [-0.2, -0.15) is 13.2 Å². The first kappa shape index (κ1) is 15.5. The number of thioether (sulfide) groups is 1. The van der Waals surface area contributed by atoms with Crippen LogP contribution in [0.1, 0.15) is 5.56 Å². The Kier molecular flexibility index (Phi) is 4.62. The fourth-order valence-corrected chi connectivity index (χ4v) is 2.12. The van der Waals surface area contributed by atoms with Crippen LogP contribution in [0.5, 0.6) is 5.75 Å². The van der Waals surface area contributed by atoms with Gasteiger partial charge in [-0.05, 0) is 41.6 Å². The molecule has 0 radical (unpaired) electrons. The van der Waals surface area contributed by atoms with E-state index in [2.05, 4.69) is 0 Å². The molecule has 21 heavy (non-hydrogen) atoms. The van der Waals surface area contributed by atoms with Crippen LogP contribution in [0.15, 0.2) is 47.4 Å². The molecule has 0 atom stereocenters. The van der Waals surface area contributed by atoms with Crippen LogP contribution in [-0.2, 0) is 6.61 Å². The van der Waals surface area contributed by atoms with Crippen LogP contribution in [0.2, 0.25) is 0 Å². The molecule has 0 spiro atoms. The zero-order chi connectivity index (χ0) is 15.5. The second-order valence-electron chi connectivity index (χ2n) is 4.17. The number of benzene rings is 2. The van der Waals surface area contributed by atoms with Crippen molar-refractivity contribution in [2.45, 2.75) is 17.0 Å². The van der Waals surface area contributed by atoms with Crippen LogP contribution in [0.3, 0.4) is 0 Å². The van der Waals surface area contributed by atoms with Crippen molar-refractivity contribution in [1.82, 2.24) is 0 Å². The molecule has 0 saturated carbocycles. The number of hydrogen-bond acceptors (Lipinski definition) is 3. The number of nitrogens with two attached hydrogens (primary N) is 1. The maximum Gasteiger partial charge on any atom is 0.446 e. The van der Waals surface area contributed by atoms with Gasteiger partial charge in [-0.25, -0.2) is 4.39 Å². The molecular formula is C14H11F4NOS. The third-order valence-corrected chi connectivity index (χ3v) is 3.25. The van der Waals surface area contributed by atoms with Gasteiger partial charge in [-0.15, -0.1) is 0 Å². The summed E-state index contributed by atoms with van der Waals surface area (Å²) in [5.74, 6) is -0.544. The van der Waals surface area contributed by atoms with Crippen molar-refractivity contribution in [1.29, 1.82) is 0 Å². The third-order valence-electron chi connectivity index (χ3n) is 2.51. The first-order valence-electron chi connectivity index (χ1n) is 5.86. The second kappa shape index (κ2) is 6.26. The first-order chi connectivity index (χ1) is 9.83. The molecule has 0 saturated heterocycles. The molecule has 2 rings (SSSR count). The average molecular weight is 317 g/mol. The zero-order valence-electron chi connectivity index (χ0n) is 10.7. The topological polar surface area (TPSA) is 35.2 Å². The summed E-state index contributed by atoms with van der Waals surface area (Å²) in [5, 5.41) is 0. The molecule has 0 amide bonds. The SMILES string of the molecule is Nc1ccc(OCc2ccc(SC(F)(F)F)cc2)c(F)c1. The van der Waals surface area contributed by atoms with Crippen LogP contribution >= 0.6 is 11.8 Å². The molecule has 0 fully saturated rings. The number of alkyl halides is 3. The second-order valence-corrected chi connectivity index (χ2v) is 5.31. The Balaban J connectivity index is 1.97. The van der Waals surface area contributed by atoms with Gasteiger partial charge in [0.25, 0.3) is 0 Å². The largest absolute Gasteiger partial charge is 0.486 e.